The third kappa shape index (κ3) is 3.45. The lowest BCUT2D eigenvalue weighted by molar-refractivity contribution is -0.135. The van der Waals surface area contributed by atoms with Crippen molar-refractivity contribution in [3.05, 3.63) is 0 Å². The van der Waals surface area contributed by atoms with Gasteiger partial charge in [-0.15, -0.1) is 0 Å². The maximum atomic E-state index is 12.3. The highest BCUT2D eigenvalue weighted by atomic mass is 16.5. The number of carbonyl (C=O) groups excluding carboxylic acids is 1. The fraction of sp³-hybridized carbons (Fsp3) is 0.929. The van der Waals surface area contributed by atoms with E-state index in [9.17, 15) is 4.79 Å². The van der Waals surface area contributed by atoms with Crippen LogP contribution in [0.15, 0.2) is 0 Å². The van der Waals surface area contributed by atoms with Crippen molar-refractivity contribution in [1.82, 2.24) is 4.90 Å². The van der Waals surface area contributed by atoms with E-state index < -0.39 is 0 Å². The lowest BCUT2D eigenvalue weighted by atomic mass is 9.82. The van der Waals surface area contributed by atoms with Crippen molar-refractivity contribution in [2.24, 2.45) is 11.7 Å². The molecule has 1 aliphatic carbocycles. The summed E-state index contributed by atoms with van der Waals surface area (Å²) in [4.78, 5) is 14.2. The Hall–Kier alpha value is -0.610. The lowest BCUT2D eigenvalue weighted by Crippen LogP contribution is -2.43. The Morgan fingerprint density at radius 3 is 2.56 bits per heavy atom. The molecule has 2 N–H and O–H groups in total. The molecule has 4 heteroatoms. The van der Waals surface area contributed by atoms with Crippen LogP contribution in [-0.2, 0) is 9.53 Å². The molecule has 0 aromatic heterocycles. The van der Waals surface area contributed by atoms with Crippen LogP contribution in [-0.4, -0.2) is 43.2 Å². The van der Waals surface area contributed by atoms with Gasteiger partial charge in [-0.3, -0.25) is 4.79 Å². The van der Waals surface area contributed by atoms with Crippen molar-refractivity contribution in [3.63, 3.8) is 0 Å². The predicted molar refractivity (Wildman–Crippen MR) is 71.2 cm³/mol. The van der Waals surface area contributed by atoms with Crippen molar-refractivity contribution >= 4 is 5.91 Å². The van der Waals surface area contributed by atoms with Gasteiger partial charge in [0, 0.05) is 38.8 Å². The average Bonchev–Trinajstić information content (AvgIpc) is 2.41. The molecule has 2 aliphatic rings. The first-order valence-electron chi connectivity index (χ1n) is 7.27. The van der Waals surface area contributed by atoms with E-state index in [2.05, 4.69) is 0 Å². The summed E-state index contributed by atoms with van der Waals surface area (Å²) < 4.78 is 5.34. The standard InChI is InChI=1S/C14H26N2O2/c1-16(12-6-8-18-9-7-12)14(17)10-11-4-2-3-5-13(11)15/h11-13H,2-10,15H2,1H3. The first-order chi connectivity index (χ1) is 8.68. The summed E-state index contributed by atoms with van der Waals surface area (Å²) in [7, 11) is 1.94. The zero-order valence-corrected chi connectivity index (χ0v) is 11.4. The fourth-order valence-corrected chi connectivity index (χ4v) is 3.13. The minimum Gasteiger partial charge on any atom is -0.381 e. The minimum atomic E-state index is 0.228. The van der Waals surface area contributed by atoms with Gasteiger partial charge in [-0.2, -0.15) is 0 Å². The lowest BCUT2D eigenvalue weighted by Gasteiger charge is -2.34. The van der Waals surface area contributed by atoms with Gasteiger partial charge in [0.2, 0.25) is 5.91 Å². The molecule has 0 aromatic carbocycles. The Kier molecular flexibility index (Phi) is 5.01. The van der Waals surface area contributed by atoms with Crippen LogP contribution in [0.25, 0.3) is 0 Å². The molecule has 1 aliphatic heterocycles. The highest BCUT2D eigenvalue weighted by Gasteiger charge is 2.28. The van der Waals surface area contributed by atoms with Crippen molar-refractivity contribution < 1.29 is 9.53 Å². The van der Waals surface area contributed by atoms with Gasteiger partial charge in [0.25, 0.3) is 0 Å². The highest BCUT2D eigenvalue weighted by molar-refractivity contribution is 5.76. The van der Waals surface area contributed by atoms with Crippen LogP contribution < -0.4 is 5.73 Å². The molecule has 2 rings (SSSR count). The van der Waals surface area contributed by atoms with Crippen molar-refractivity contribution in [2.75, 3.05) is 20.3 Å². The monoisotopic (exact) mass is 254 g/mol. The molecule has 104 valence electrons. The number of amides is 1. The smallest absolute Gasteiger partial charge is 0.222 e. The quantitative estimate of drug-likeness (QED) is 0.831. The molecule has 1 saturated heterocycles. The summed E-state index contributed by atoms with van der Waals surface area (Å²) >= 11 is 0. The molecule has 2 atom stereocenters. The Morgan fingerprint density at radius 2 is 1.89 bits per heavy atom. The van der Waals surface area contributed by atoms with E-state index in [4.69, 9.17) is 10.5 Å². The fourth-order valence-electron chi connectivity index (χ4n) is 3.13. The number of nitrogens with two attached hydrogens (primary N) is 1. The number of nitrogens with zero attached hydrogens (tertiary/aromatic N) is 1. The maximum absolute atomic E-state index is 12.3. The van der Waals surface area contributed by atoms with E-state index in [1.165, 1.54) is 12.8 Å². The zero-order chi connectivity index (χ0) is 13.0. The van der Waals surface area contributed by atoms with Crippen molar-refractivity contribution in [3.8, 4) is 0 Å². The Labute approximate surface area is 110 Å². The van der Waals surface area contributed by atoms with Crippen LogP contribution in [0.5, 0.6) is 0 Å². The van der Waals surface area contributed by atoms with E-state index in [0.29, 0.717) is 18.4 Å². The van der Waals surface area contributed by atoms with Crippen molar-refractivity contribution in [1.29, 1.82) is 0 Å². The van der Waals surface area contributed by atoms with Crippen LogP contribution in [0.4, 0.5) is 0 Å². The van der Waals surface area contributed by atoms with Crippen LogP contribution in [0.3, 0.4) is 0 Å². The van der Waals surface area contributed by atoms with E-state index in [0.717, 1.165) is 38.9 Å². The molecule has 2 unspecified atom stereocenters. The van der Waals surface area contributed by atoms with Gasteiger partial charge >= 0.3 is 0 Å². The Morgan fingerprint density at radius 1 is 1.22 bits per heavy atom. The largest absolute Gasteiger partial charge is 0.381 e. The molecular weight excluding hydrogens is 228 g/mol. The highest BCUT2D eigenvalue weighted by Crippen LogP contribution is 2.26. The van der Waals surface area contributed by atoms with Gasteiger partial charge < -0.3 is 15.4 Å². The van der Waals surface area contributed by atoms with Crippen LogP contribution in [0.2, 0.25) is 0 Å². The molecule has 0 radical (unpaired) electrons. The van der Waals surface area contributed by atoms with Gasteiger partial charge in [0.1, 0.15) is 0 Å². The number of hydrogen-bond acceptors (Lipinski definition) is 3. The third-order valence-corrected chi connectivity index (χ3v) is 4.54. The van der Waals surface area contributed by atoms with Crippen molar-refractivity contribution in [2.45, 2.75) is 57.0 Å². The van der Waals surface area contributed by atoms with Gasteiger partial charge in [-0.05, 0) is 31.6 Å². The van der Waals surface area contributed by atoms with Gasteiger partial charge in [0.05, 0.1) is 0 Å². The minimum absolute atomic E-state index is 0.228. The summed E-state index contributed by atoms with van der Waals surface area (Å²) in [6, 6.07) is 0.594. The molecule has 1 saturated carbocycles. The molecular formula is C14H26N2O2. The number of rotatable bonds is 3. The molecule has 4 nitrogen and oxygen atoms in total. The molecule has 1 heterocycles. The molecule has 0 aromatic rings. The van der Waals surface area contributed by atoms with E-state index in [1.807, 2.05) is 11.9 Å². The molecule has 18 heavy (non-hydrogen) atoms. The predicted octanol–water partition coefficient (Wildman–Crippen LogP) is 1.53. The van der Waals surface area contributed by atoms with E-state index >= 15 is 0 Å². The van der Waals surface area contributed by atoms with Gasteiger partial charge in [0.15, 0.2) is 0 Å². The van der Waals surface area contributed by atoms with E-state index in [-0.39, 0.29) is 11.9 Å². The maximum Gasteiger partial charge on any atom is 0.222 e. The van der Waals surface area contributed by atoms with E-state index in [1.54, 1.807) is 0 Å². The number of hydrogen-bond donors (Lipinski definition) is 1. The second-order valence-corrected chi connectivity index (χ2v) is 5.76. The van der Waals surface area contributed by atoms with Gasteiger partial charge in [-0.1, -0.05) is 12.8 Å². The molecule has 0 bridgehead atoms. The SMILES string of the molecule is CN(C(=O)CC1CCCCC1N)C1CCOCC1. The number of carbonyl (C=O) groups is 1. The summed E-state index contributed by atoms with van der Waals surface area (Å²) in [6.07, 6.45) is 7.23. The Bertz CT molecular complexity index is 277. The summed E-state index contributed by atoms with van der Waals surface area (Å²) in [6.45, 7) is 1.57. The summed E-state index contributed by atoms with van der Waals surface area (Å²) in [5.74, 6) is 0.665. The normalized spacial score (nSPS) is 30.1. The number of ether oxygens (including phenoxy) is 1. The second-order valence-electron chi connectivity index (χ2n) is 5.76. The first kappa shape index (κ1) is 13.8. The molecule has 2 fully saturated rings. The summed E-state index contributed by atoms with van der Waals surface area (Å²) in [5, 5.41) is 0. The van der Waals surface area contributed by atoms with Crippen LogP contribution in [0, 0.1) is 5.92 Å². The molecule has 0 spiro atoms. The third-order valence-electron chi connectivity index (χ3n) is 4.54. The van der Waals surface area contributed by atoms with Crippen LogP contribution >= 0.6 is 0 Å². The topological polar surface area (TPSA) is 55.6 Å². The Balaban J connectivity index is 1.82. The summed E-state index contributed by atoms with van der Waals surface area (Å²) in [5.41, 5.74) is 6.12. The molecule has 1 amide bonds. The first-order valence-corrected chi connectivity index (χ1v) is 7.27. The zero-order valence-electron chi connectivity index (χ0n) is 11.4. The van der Waals surface area contributed by atoms with Crippen LogP contribution in [0.1, 0.15) is 44.9 Å². The second kappa shape index (κ2) is 6.53. The van der Waals surface area contributed by atoms with Gasteiger partial charge in [-0.25, -0.2) is 0 Å². The average molecular weight is 254 g/mol.